The van der Waals surface area contributed by atoms with E-state index < -0.39 is 6.03 Å². The monoisotopic (exact) mass is 778 g/mol. The fourth-order valence-corrected chi connectivity index (χ4v) is 6.01. The SMILES string of the molecule is COCCOCCOCCOc1cc(Cl)cc(Cc2nccc(Oc3ccc(NC(=O)Nc4cc(C(C)(C)C)nn4-c4ccc(C)cc4)c4ccccc34)n2)c1. The molecule has 0 aliphatic rings. The molecule has 13 heteroatoms. The third-order valence-electron chi connectivity index (χ3n) is 8.62. The molecule has 12 nitrogen and oxygen atoms in total. The van der Waals surface area contributed by atoms with Gasteiger partial charge in [-0.2, -0.15) is 10.1 Å². The Balaban J connectivity index is 1.11. The van der Waals surface area contributed by atoms with E-state index in [4.69, 9.17) is 40.4 Å². The van der Waals surface area contributed by atoms with Gasteiger partial charge in [-0.25, -0.2) is 14.5 Å². The minimum Gasteiger partial charge on any atom is -0.491 e. The van der Waals surface area contributed by atoms with Gasteiger partial charge in [0.25, 0.3) is 0 Å². The molecule has 0 fully saturated rings. The maximum atomic E-state index is 13.5. The van der Waals surface area contributed by atoms with Crippen LogP contribution in [-0.2, 0) is 26.0 Å². The van der Waals surface area contributed by atoms with Gasteiger partial charge in [0.15, 0.2) is 0 Å². The van der Waals surface area contributed by atoms with E-state index in [0.29, 0.717) is 85.8 Å². The number of hydrogen-bond donors (Lipinski definition) is 2. The van der Waals surface area contributed by atoms with Gasteiger partial charge in [-0.1, -0.05) is 74.3 Å². The summed E-state index contributed by atoms with van der Waals surface area (Å²) in [5, 5.41) is 13.0. The number of urea groups is 1. The third-order valence-corrected chi connectivity index (χ3v) is 8.84. The summed E-state index contributed by atoms with van der Waals surface area (Å²) < 4.78 is 29.9. The number of methoxy groups -OCH3 is 1. The largest absolute Gasteiger partial charge is 0.491 e. The summed E-state index contributed by atoms with van der Waals surface area (Å²) >= 11 is 6.43. The highest BCUT2D eigenvalue weighted by Gasteiger charge is 2.22. The molecular weight excluding hydrogens is 732 g/mol. The second kappa shape index (κ2) is 18.9. The molecule has 0 radical (unpaired) electrons. The van der Waals surface area contributed by atoms with Crippen molar-refractivity contribution in [3.63, 3.8) is 0 Å². The number of nitrogens with zero attached hydrogens (tertiary/aromatic N) is 4. The van der Waals surface area contributed by atoms with E-state index in [2.05, 4.69) is 41.4 Å². The van der Waals surface area contributed by atoms with Gasteiger partial charge in [-0.15, -0.1) is 0 Å². The Morgan fingerprint density at radius 3 is 2.30 bits per heavy atom. The van der Waals surface area contributed by atoms with E-state index in [9.17, 15) is 4.79 Å². The first kappa shape index (κ1) is 40.1. The smallest absolute Gasteiger partial charge is 0.324 e. The second-order valence-electron chi connectivity index (χ2n) is 14.1. The lowest BCUT2D eigenvalue weighted by atomic mass is 9.92. The van der Waals surface area contributed by atoms with Crippen molar-refractivity contribution in [2.45, 2.75) is 39.5 Å². The third kappa shape index (κ3) is 11.0. The molecule has 2 heterocycles. The zero-order valence-electron chi connectivity index (χ0n) is 32.3. The van der Waals surface area contributed by atoms with Crippen molar-refractivity contribution in [2.75, 3.05) is 57.4 Å². The lowest BCUT2D eigenvalue weighted by molar-refractivity contribution is 0.0179. The van der Waals surface area contributed by atoms with Gasteiger partial charge in [0, 0.05) is 53.1 Å². The van der Waals surface area contributed by atoms with Crippen molar-refractivity contribution >= 4 is 39.9 Å². The van der Waals surface area contributed by atoms with Crippen LogP contribution in [0, 0.1) is 6.92 Å². The quantitative estimate of drug-likeness (QED) is 0.0871. The molecule has 0 saturated carbocycles. The summed E-state index contributed by atoms with van der Waals surface area (Å²) in [5.41, 5.74) is 4.12. The van der Waals surface area contributed by atoms with Gasteiger partial charge < -0.3 is 29.0 Å². The topological polar surface area (TPSA) is 131 Å². The molecule has 0 spiro atoms. The summed E-state index contributed by atoms with van der Waals surface area (Å²) in [5.74, 6) is 2.68. The lowest BCUT2D eigenvalue weighted by Gasteiger charge is -2.14. The van der Waals surface area contributed by atoms with Crippen molar-refractivity contribution < 1.29 is 28.5 Å². The molecule has 0 saturated heterocycles. The average Bonchev–Trinajstić information content (AvgIpc) is 3.60. The standard InChI is InChI=1S/C43H47ClN6O6/c1-29-10-12-32(13-11-29)50-40(28-38(49-50)43(2,3)4)48-42(51)46-36-14-15-37(35-9-7-6-8-34(35)36)56-41-16-17-45-39(47-41)26-30-24-31(44)27-33(25-30)55-23-22-54-21-20-53-19-18-52-5/h6-17,24-25,27-28H,18-23,26H2,1-5H3,(H2,46,48,51). The second-order valence-corrected chi connectivity index (χ2v) is 14.5. The first-order valence-electron chi connectivity index (χ1n) is 18.4. The van der Waals surface area contributed by atoms with Crippen molar-refractivity contribution in [1.82, 2.24) is 19.7 Å². The molecule has 0 bridgehead atoms. The molecule has 6 rings (SSSR count). The first-order chi connectivity index (χ1) is 27.1. The van der Waals surface area contributed by atoms with Crippen LogP contribution in [0.4, 0.5) is 16.3 Å². The van der Waals surface area contributed by atoms with Crippen molar-refractivity contribution in [1.29, 1.82) is 0 Å². The Morgan fingerprint density at radius 2 is 1.55 bits per heavy atom. The molecule has 0 atom stereocenters. The average molecular weight is 779 g/mol. The number of aromatic nitrogens is 4. The van der Waals surface area contributed by atoms with Crippen LogP contribution in [-0.4, -0.2) is 72.5 Å². The number of nitrogens with one attached hydrogen (secondary N) is 2. The summed E-state index contributed by atoms with van der Waals surface area (Å²) in [6.45, 7) is 11.1. The minimum atomic E-state index is -0.402. The van der Waals surface area contributed by atoms with Crippen LogP contribution < -0.4 is 20.1 Å². The normalized spacial score (nSPS) is 11.5. The number of rotatable bonds is 17. The number of carbonyl (C=O) groups is 1. The number of fused-ring (bicyclic) bond motifs is 1. The number of anilines is 2. The number of halogens is 1. The Kier molecular flexibility index (Phi) is 13.5. The highest BCUT2D eigenvalue weighted by molar-refractivity contribution is 6.30. The molecule has 6 aromatic rings. The zero-order valence-corrected chi connectivity index (χ0v) is 33.1. The molecule has 2 aromatic heterocycles. The summed E-state index contributed by atoms with van der Waals surface area (Å²) in [7, 11) is 1.64. The number of aryl methyl sites for hydroxylation is 1. The Hall–Kier alpha value is -5.53. The maximum Gasteiger partial charge on any atom is 0.324 e. The van der Waals surface area contributed by atoms with E-state index in [1.54, 1.807) is 30.1 Å². The fourth-order valence-electron chi connectivity index (χ4n) is 5.77. The van der Waals surface area contributed by atoms with Crippen LogP contribution in [0.3, 0.4) is 0 Å². The number of benzene rings is 4. The summed E-state index contributed by atoms with van der Waals surface area (Å²) in [4.78, 5) is 22.7. The number of ether oxygens (including phenoxy) is 5. The molecule has 0 aliphatic heterocycles. The van der Waals surface area contributed by atoms with Crippen LogP contribution in [0.1, 0.15) is 43.4 Å². The molecule has 56 heavy (non-hydrogen) atoms. The van der Waals surface area contributed by atoms with E-state index >= 15 is 0 Å². The van der Waals surface area contributed by atoms with Gasteiger partial charge in [-0.05, 0) is 55.0 Å². The van der Waals surface area contributed by atoms with Crippen molar-refractivity contribution in [2.24, 2.45) is 0 Å². The van der Waals surface area contributed by atoms with E-state index in [-0.39, 0.29) is 5.41 Å². The predicted molar refractivity (Wildman–Crippen MR) is 219 cm³/mol. The number of carbonyl (C=O) groups excluding carboxylic acids is 1. The van der Waals surface area contributed by atoms with Crippen LogP contribution in [0.15, 0.2) is 97.2 Å². The highest BCUT2D eigenvalue weighted by Crippen LogP contribution is 2.34. The van der Waals surface area contributed by atoms with Crippen LogP contribution in [0.25, 0.3) is 16.5 Å². The summed E-state index contributed by atoms with van der Waals surface area (Å²) in [6, 6.07) is 28.1. The van der Waals surface area contributed by atoms with Crippen LogP contribution in [0.2, 0.25) is 5.02 Å². The van der Waals surface area contributed by atoms with Gasteiger partial charge >= 0.3 is 6.03 Å². The zero-order chi connectivity index (χ0) is 39.5. The first-order valence-corrected chi connectivity index (χ1v) is 18.8. The molecule has 0 aliphatic carbocycles. The molecule has 2 amide bonds. The Labute approximate surface area is 332 Å². The number of amides is 2. The molecule has 0 unspecified atom stereocenters. The molecule has 2 N–H and O–H groups in total. The Bertz CT molecular complexity index is 2240. The van der Waals surface area contributed by atoms with Gasteiger partial charge in [-0.3, -0.25) is 5.32 Å². The molecular formula is C43H47ClN6O6. The predicted octanol–water partition coefficient (Wildman–Crippen LogP) is 9.16. The molecule has 292 valence electrons. The minimum absolute atomic E-state index is 0.218. The van der Waals surface area contributed by atoms with Gasteiger partial charge in [0.05, 0.1) is 50.1 Å². The van der Waals surface area contributed by atoms with Gasteiger partial charge in [0.1, 0.15) is 29.7 Å². The maximum absolute atomic E-state index is 13.5. The highest BCUT2D eigenvalue weighted by atomic mass is 35.5. The fraction of sp³-hybridized carbons (Fsp3) is 0.302. The molecule has 4 aromatic carbocycles. The van der Waals surface area contributed by atoms with Crippen LogP contribution >= 0.6 is 11.6 Å². The number of hydrogen-bond acceptors (Lipinski definition) is 9. The van der Waals surface area contributed by atoms with Gasteiger partial charge in [0.2, 0.25) is 5.88 Å². The summed E-state index contributed by atoms with van der Waals surface area (Å²) in [6.07, 6.45) is 2.06. The van der Waals surface area contributed by atoms with E-state index in [1.807, 2.05) is 85.8 Å². The van der Waals surface area contributed by atoms with E-state index in [1.165, 1.54) is 0 Å². The van der Waals surface area contributed by atoms with Crippen molar-refractivity contribution in [3.05, 3.63) is 125 Å². The van der Waals surface area contributed by atoms with E-state index in [0.717, 1.165) is 33.3 Å². The van der Waals surface area contributed by atoms with Crippen LogP contribution in [0.5, 0.6) is 17.4 Å². The van der Waals surface area contributed by atoms with Crippen molar-refractivity contribution in [3.8, 4) is 23.1 Å². The lowest BCUT2D eigenvalue weighted by Crippen LogP contribution is -2.21. The Morgan fingerprint density at radius 1 is 0.821 bits per heavy atom.